The van der Waals surface area contributed by atoms with E-state index in [4.69, 9.17) is 18.3 Å². The van der Waals surface area contributed by atoms with Gasteiger partial charge in [0.1, 0.15) is 24.2 Å². The molecule has 0 radical (unpaired) electrons. The molecule has 11 heteroatoms. The van der Waals surface area contributed by atoms with Gasteiger partial charge in [-0.1, -0.05) is 6.58 Å². The molecule has 3 aliphatic heterocycles. The average Bonchev–Trinajstić information content (AvgIpc) is 2.75. The number of alkyl halides is 1. The first-order chi connectivity index (χ1) is 12.0. The minimum atomic E-state index is -4.00. The third kappa shape index (κ3) is 3.11. The highest BCUT2D eigenvalue weighted by molar-refractivity contribution is 7.48. The van der Waals surface area contributed by atoms with E-state index in [1.807, 2.05) is 0 Å². The standard InChI is InChI=1S/C15H22FN2O7P/c1-9(2)24-26(21)22-8-15(7-16)12(25-26)14(4,20)13(23-15)18-6-5-11(19)17-10(18)3/h5-6,9,12-13,20H,3,7-8H2,1-2,4H3,(H,17,19)/t12-,13+,14+,15+,26-/m0/s1. The molecule has 3 rings (SSSR count). The average molecular weight is 392 g/mol. The number of carbonyl (C=O) groups is 1. The summed E-state index contributed by atoms with van der Waals surface area (Å²) in [6.07, 6.45) is -0.400. The summed E-state index contributed by atoms with van der Waals surface area (Å²) in [5, 5.41) is 13.5. The van der Waals surface area contributed by atoms with Crippen LogP contribution in [-0.2, 0) is 27.7 Å². The molecule has 0 saturated carbocycles. The normalized spacial score (nSPS) is 42.9. The number of hydrogen-bond donors (Lipinski definition) is 2. The van der Waals surface area contributed by atoms with Crippen molar-refractivity contribution in [3.8, 4) is 0 Å². The van der Waals surface area contributed by atoms with E-state index in [-0.39, 0.29) is 5.82 Å². The number of phosphoric acid groups is 1. The van der Waals surface area contributed by atoms with Gasteiger partial charge >= 0.3 is 7.82 Å². The molecule has 9 nitrogen and oxygen atoms in total. The van der Waals surface area contributed by atoms with E-state index in [0.717, 1.165) is 0 Å². The Labute approximate surface area is 150 Å². The number of halogens is 1. The summed E-state index contributed by atoms with van der Waals surface area (Å²) < 4.78 is 48.2. The Morgan fingerprint density at radius 1 is 1.62 bits per heavy atom. The molecule has 0 aromatic rings. The van der Waals surface area contributed by atoms with Crippen LogP contribution in [0.1, 0.15) is 20.8 Å². The zero-order valence-corrected chi connectivity index (χ0v) is 15.6. The first kappa shape index (κ1) is 19.5. The second-order valence-corrected chi connectivity index (χ2v) is 8.49. The molecular weight excluding hydrogens is 370 g/mol. The second-order valence-electron chi connectivity index (χ2n) is 6.91. The van der Waals surface area contributed by atoms with Crippen molar-refractivity contribution in [1.82, 2.24) is 10.2 Å². The molecule has 3 heterocycles. The minimum Gasteiger partial charge on any atom is -0.383 e. The van der Waals surface area contributed by atoms with E-state index < -0.39 is 56.6 Å². The molecule has 26 heavy (non-hydrogen) atoms. The summed E-state index contributed by atoms with van der Waals surface area (Å²) in [4.78, 5) is 12.7. The molecule has 0 aliphatic carbocycles. The van der Waals surface area contributed by atoms with Crippen LogP contribution in [0.25, 0.3) is 0 Å². The first-order valence-electron chi connectivity index (χ1n) is 8.07. The van der Waals surface area contributed by atoms with Crippen LogP contribution >= 0.6 is 7.82 Å². The smallest absolute Gasteiger partial charge is 0.383 e. The van der Waals surface area contributed by atoms with Crippen LogP contribution < -0.4 is 5.32 Å². The highest BCUT2D eigenvalue weighted by Crippen LogP contribution is 2.61. The Morgan fingerprint density at radius 2 is 2.31 bits per heavy atom. The van der Waals surface area contributed by atoms with E-state index in [2.05, 4.69) is 11.9 Å². The van der Waals surface area contributed by atoms with Gasteiger partial charge in [-0.05, 0) is 20.8 Å². The largest absolute Gasteiger partial charge is 0.475 e. The van der Waals surface area contributed by atoms with E-state index in [9.17, 15) is 18.9 Å². The predicted octanol–water partition coefficient (Wildman–Crippen LogP) is 1.17. The number of phosphoric ester groups is 1. The van der Waals surface area contributed by atoms with Gasteiger partial charge in [-0.2, -0.15) is 0 Å². The maximum absolute atomic E-state index is 13.9. The summed E-state index contributed by atoms with van der Waals surface area (Å²) in [7, 11) is -4.00. The zero-order valence-electron chi connectivity index (χ0n) is 14.7. The number of nitrogens with one attached hydrogen (secondary N) is 1. The predicted molar refractivity (Wildman–Crippen MR) is 87.1 cm³/mol. The monoisotopic (exact) mass is 392 g/mol. The molecule has 0 spiro atoms. The van der Waals surface area contributed by atoms with Crippen molar-refractivity contribution in [2.45, 2.75) is 50.4 Å². The second kappa shape index (κ2) is 6.40. The van der Waals surface area contributed by atoms with Crippen molar-refractivity contribution in [2.24, 2.45) is 0 Å². The molecule has 3 aliphatic rings. The Morgan fingerprint density at radius 3 is 2.88 bits per heavy atom. The lowest BCUT2D eigenvalue weighted by molar-refractivity contribution is -0.161. The molecule has 146 valence electrons. The summed E-state index contributed by atoms with van der Waals surface area (Å²) in [5.41, 5.74) is -3.50. The van der Waals surface area contributed by atoms with Gasteiger partial charge in [-0.25, -0.2) is 8.96 Å². The zero-order chi connectivity index (χ0) is 19.3. The fourth-order valence-electron chi connectivity index (χ4n) is 3.22. The van der Waals surface area contributed by atoms with Crippen LogP contribution in [0.15, 0.2) is 24.7 Å². The highest BCUT2D eigenvalue weighted by Gasteiger charge is 2.69. The summed E-state index contributed by atoms with van der Waals surface area (Å²) in [6.45, 7) is 6.86. The summed E-state index contributed by atoms with van der Waals surface area (Å²) in [5.74, 6) is -0.256. The number of ether oxygens (including phenoxy) is 1. The molecule has 2 fully saturated rings. The first-order valence-corrected chi connectivity index (χ1v) is 9.53. The van der Waals surface area contributed by atoms with Crippen LogP contribution in [0.3, 0.4) is 0 Å². The number of hydrogen-bond acceptors (Lipinski definition) is 8. The number of rotatable bonds is 4. The maximum Gasteiger partial charge on any atom is 0.475 e. The Hall–Kier alpha value is -1.29. The maximum atomic E-state index is 13.9. The van der Waals surface area contributed by atoms with E-state index in [1.165, 1.54) is 24.1 Å². The van der Waals surface area contributed by atoms with E-state index in [1.54, 1.807) is 13.8 Å². The molecule has 5 atom stereocenters. The van der Waals surface area contributed by atoms with Gasteiger partial charge in [-0.3, -0.25) is 18.4 Å². The van der Waals surface area contributed by atoms with Crippen molar-refractivity contribution in [2.75, 3.05) is 13.3 Å². The van der Waals surface area contributed by atoms with Gasteiger partial charge in [0.15, 0.2) is 11.8 Å². The third-order valence-corrected chi connectivity index (χ3v) is 5.94. The molecule has 0 bridgehead atoms. The van der Waals surface area contributed by atoms with Crippen molar-refractivity contribution >= 4 is 13.7 Å². The van der Waals surface area contributed by atoms with Crippen molar-refractivity contribution < 1.29 is 37.2 Å². The lowest BCUT2D eigenvalue weighted by Gasteiger charge is -2.41. The van der Waals surface area contributed by atoms with Crippen molar-refractivity contribution in [3.05, 3.63) is 24.7 Å². The van der Waals surface area contributed by atoms with Crippen molar-refractivity contribution in [1.29, 1.82) is 0 Å². The van der Waals surface area contributed by atoms with Gasteiger partial charge in [0.25, 0.3) is 5.91 Å². The number of aliphatic hydroxyl groups is 1. The van der Waals surface area contributed by atoms with Crippen LogP contribution in [0.5, 0.6) is 0 Å². The van der Waals surface area contributed by atoms with Gasteiger partial charge in [0.2, 0.25) is 0 Å². The Balaban J connectivity index is 1.94. The number of carbonyl (C=O) groups excluding carboxylic acids is 1. The topological polar surface area (TPSA) is 107 Å². The SMILES string of the molecule is C=C1NC(=O)C=CN1[C@@H]1O[C@]2(CF)CO[P@@](=O)(OC(C)C)O[C@H]2[C@@]1(C)O. The van der Waals surface area contributed by atoms with Crippen molar-refractivity contribution in [3.63, 3.8) is 0 Å². The lowest BCUT2D eigenvalue weighted by Crippen LogP contribution is -2.58. The third-order valence-electron chi connectivity index (χ3n) is 4.34. The Bertz CT molecular complexity index is 697. The van der Waals surface area contributed by atoms with Gasteiger partial charge in [0.05, 0.1) is 12.7 Å². The lowest BCUT2D eigenvalue weighted by atomic mass is 9.88. The molecule has 0 aromatic carbocycles. The van der Waals surface area contributed by atoms with Crippen LogP contribution in [0.4, 0.5) is 4.39 Å². The molecule has 2 N–H and O–H groups in total. The molecule has 1 amide bonds. The number of amides is 1. The highest BCUT2D eigenvalue weighted by atomic mass is 31.2. The number of fused-ring (bicyclic) bond motifs is 1. The molecular formula is C15H22FN2O7P. The van der Waals surface area contributed by atoms with Crippen LogP contribution in [-0.4, -0.2) is 58.8 Å². The fourth-order valence-corrected chi connectivity index (χ4v) is 4.95. The quantitative estimate of drug-likeness (QED) is 0.687. The number of nitrogens with zero attached hydrogens (tertiary/aromatic N) is 1. The van der Waals surface area contributed by atoms with Crippen LogP contribution in [0, 0.1) is 0 Å². The van der Waals surface area contributed by atoms with Gasteiger partial charge in [-0.15, -0.1) is 0 Å². The summed E-state index contributed by atoms with van der Waals surface area (Å²) >= 11 is 0. The van der Waals surface area contributed by atoms with Gasteiger partial charge in [0, 0.05) is 12.3 Å². The van der Waals surface area contributed by atoms with Gasteiger partial charge < -0.3 is 20.1 Å². The van der Waals surface area contributed by atoms with E-state index >= 15 is 0 Å². The Kier molecular flexibility index (Phi) is 4.79. The molecule has 0 unspecified atom stereocenters. The molecule has 2 saturated heterocycles. The minimum absolute atomic E-state index is 0.137. The molecule has 0 aromatic heterocycles. The summed E-state index contributed by atoms with van der Waals surface area (Å²) in [6, 6.07) is 0. The van der Waals surface area contributed by atoms with E-state index in [0.29, 0.717) is 0 Å². The fraction of sp³-hybridized carbons (Fsp3) is 0.667. The van der Waals surface area contributed by atoms with Crippen LogP contribution in [0.2, 0.25) is 0 Å².